The quantitative estimate of drug-likeness (QED) is 0.640. The van der Waals surface area contributed by atoms with Crippen molar-refractivity contribution in [1.82, 2.24) is 9.29 Å². The Hall–Kier alpha value is -1.77. The van der Waals surface area contributed by atoms with E-state index >= 15 is 0 Å². The number of rotatable bonds is 8. The van der Waals surface area contributed by atoms with Crippen LogP contribution in [0.15, 0.2) is 29.2 Å². The number of aryl methyl sites for hydroxylation is 2. The number of fused-ring (bicyclic) bond motifs is 1. The fraction of sp³-hybridized carbons (Fsp3) is 0.545. The van der Waals surface area contributed by atoms with Gasteiger partial charge in [0.15, 0.2) is 5.13 Å². The summed E-state index contributed by atoms with van der Waals surface area (Å²) in [5.74, 6) is 0.187. The lowest BCUT2D eigenvalue weighted by atomic mass is 10.0. The van der Waals surface area contributed by atoms with Crippen molar-refractivity contribution in [1.29, 1.82) is 0 Å². The molecule has 0 aliphatic heterocycles. The average Bonchev–Trinajstić information content (AvgIpc) is 3.09. The number of carbonyl (C=O) groups is 1. The highest BCUT2D eigenvalue weighted by Gasteiger charge is 2.26. The van der Waals surface area contributed by atoms with Crippen molar-refractivity contribution in [3.8, 4) is 0 Å². The van der Waals surface area contributed by atoms with Crippen molar-refractivity contribution in [3.05, 3.63) is 40.4 Å². The predicted molar refractivity (Wildman–Crippen MR) is 122 cm³/mol. The highest BCUT2D eigenvalue weighted by molar-refractivity contribution is 7.89. The van der Waals surface area contributed by atoms with Gasteiger partial charge in [0.05, 0.1) is 10.6 Å². The molecule has 6 nitrogen and oxygen atoms in total. The van der Waals surface area contributed by atoms with Gasteiger partial charge in [-0.3, -0.25) is 10.1 Å². The van der Waals surface area contributed by atoms with Crippen molar-refractivity contribution < 1.29 is 13.2 Å². The third kappa shape index (κ3) is 5.47. The normalized spacial score (nSPS) is 14.4. The number of hydrogen-bond donors (Lipinski definition) is 1. The molecule has 1 aromatic heterocycles. The summed E-state index contributed by atoms with van der Waals surface area (Å²) in [4.78, 5) is 18.6. The van der Waals surface area contributed by atoms with Gasteiger partial charge in [0.1, 0.15) is 0 Å². The number of anilines is 1. The zero-order valence-corrected chi connectivity index (χ0v) is 19.8. The van der Waals surface area contributed by atoms with Gasteiger partial charge < -0.3 is 0 Å². The molecule has 0 atom stereocenters. The lowest BCUT2D eigenvalue weighted by Gasteiger charge is -2.25. The maximum absolute atomic E-state index is 13.1. The number of nitrogens with zero attached hydrogens (tertiary/aromatic N) is 2. The molecule has 0 unspecified atom stereocenters. The second-order valence-electron chi connectivity index (χ2n) is 8.68. The SMILES string of the molecule is CC(C)CN(CC(C)C)S(=O)(=O)c1ccc(C(=O)Nc2nc3c(s2)CCCC3)cc1. The van der Waals surface area contributed by atoms with E-state index in [1.807, 2.05) is 27.7 Å². The maximum Gasteiger partial charge on any atom is 0.257 e. The van der Waals surface area contributed by atoms with Gasteiger partial charge in [0.2, 0.25) is 10.0 Å². The largest absolute Gasteiger partial charge is 0.298 e. The fourth-order valence-corrected chi connectivity index (χ4v) is 6.40. The first-order valence-corrected chi connectivity index (χ1v) is 12.8. The van der Waals surface area contributed by atoms with Gasteiger partial charge in [-0.25, -0.2) is 13.4 Å². The molecule has 0 spiro atoms. The molecule has 1 heterocycles. The van der Waals surface area contributed by atoms with E-state index in [1.165, 1.54) is 39.1 Å². The van der Waals surface area contributed by atoms with Crippen LogP contribution in [0.4, 0.5) is 5.13 Å². The summed E-state index contributed by atoms with van der Waals surface area (Å²) in [7, 11) is -3.60. The van der Waals surface area contributed by atoms with Gasteiger partial charge >= 0.3 is 0 Å². The molecule has 2 aromatic rings. The summed E-state index contributed by atoms with van der Waals surface area (Å²) in [6.45, 7) is 8.97. The zero-order chi connectivity index (χ0) is 21.9. The van der Waals surface area contributed by atoms with Crippen LogP contribution in [0.2, 0.25) is 0 Å². The Labute approximate surface area is 183 Å². The molecule has 164 valence electrons. The molecule has 0 bridgehead atoms. The fourth-order valence-electron chi connectivity index (χ4n) is 3.59. The second-order valence-corrected chi connectivity index (χ2v) is 11.7. The standard InChI is InChI=1S/C22H31N3O3S2/c1-15(2)13-25(14-16(3)4)30(27,28)18-11-9-17(10-12-18)21(26)24-22-23-19-7-5-6-8-20(19)29-22/h9-12,15-16H,5-8,13-14H2,1-4H3,(H,23,24,26). The first-order chi connectivity index (χ1) is 14.2. The molecule has 0 radical (unpaired) electrons. The molecule has 1 aliphatic rings. The predicted octanol–water partition coefficient (Wildman–Crippen LogP) is 4.58. The van der Waals surface area contributed by atoms with Gasteiger partial charge in [-0.1, -0.05) is 27.7 Å². The molecule has 8 heteroatoms. The summed E-state index contributed by atoms with van der Waals surface area (Å²) < 4.78 is 27.7. The molecule has 1 aromatic carbocycles. The topological polar surface area (TPSA) is 79.4 Å². The summed E-state index contributed by atoms with van der Waals surface area (Å²) in [5.41, 5.74) is 1.51. The monoisotopic (exact) mass is 449 g/mol. The smallest absolute Gasteiger partial charge is 0.257 e. The lowest BCUT2D eigenvalue weighted by Crippen LogP contribution is -2.37. The molecule has 1 N–H and O–H groups in total. The zero-order valence-electron chi connectivity index (χ0n) is 18.1. The number of sulfonamides is 1. The first-order valence-electron chi connectivity index (χ1n) is 10.6. The highest BCUT2D eigenvalue weighted by Crippen LogP contribution is 2.30. The minimum atomic E-state index is -3.60. The van der Waals surface area contributed by atoms with Crippen LogP contribution >= 0.6 is 11.3 Å². The summed E-state index contributed by atoms with van der Waals surface area (Å²) in [6.07, 6.45) is 4.31. The average molecular weight is 450 g/mol. The molecule has 0 fully saturated rings. The Morgan fingerprint density at radius 1 is 1.07 bits per heavy atom. The number of nitrogens with one attached hydrogen (secondary N) is 1. The van der Waals surface area contributed by atoms with Crippen LogP contribution < -0.4 is 5.32 Å². The first kappa shape index (κ1) is 22.9. The molecular weight excluding hydrogens is 418 g/mol. The van der Waals surface area contributed by atoms with Crippen LogP contribution in [0.1, 0.15) is 61.5 Å². The van der Waals surface area contributed by atoms with Crippen LogP contribution in [-0.4, -0.2) is 36.7 Å². The third-order valence-corrected chi connectivity index (χ3v) is 7.88. The Balaban J connectivity index is 1.74. The van der Waals surface area contributed by atoms with Crippen molar-refractivity contribution >= 4 is 32.4 Å². The Morgan fingerprint density at radius 3 is 2.23 bits per heavy atom. The van der Waals surface area contributed by atoms with Gasteiger partial charge in [-0.15, -0.1) is 11.3 Å². The number of hydrogen-bond acceptors (Lipinski definition) is 5. The molecule has 1 amide bonds. The Kier molecular flexibility index (Phi) is 7.31. The minimum absolute atomic E-state index is 0.213. The molecule has 30 heavy (non-hydrogen) atoms. The number of amides is 1. The third-order valence-electron chi connectivity index (χ3n) is 4.96. The lowest BCUT2D eigenvalue weighted by molar-refractivity contribution is 0.102. The highest BCUT2D eigenvalue weighted by atomic mass is 32.2. The van der Waals surface area contributed by atoms with E-state index in [2.05, 4.69) is 10.3 Å². The van der Waals surface area contributed by atoms with Gasteiger partial charge in [0, 0.05) is 23.5 Å². The number of thiazole rings is 1. The van der Waals surface area contributed by atoms with Crippen LogP contribution in [0.25, 0.3) is 0 Å². The van der Waals surface area contributed by atoms with E-state index < -0.39 is 10.0 Å². The van der Waals surface area contributed by atoms with Crippen LogP contribution in [-0.2, 0) is 22.9 Å². The molecule has 3 rings (SSSR count). The Morgan fingerprint density at radius 2 is 1.67 bits per heavy atom. The van der Waals surface area contributed by atoms with Crippen molar-refractivity contribution in [2.24, 2.45) is 11.8 Å². The second kappa shape index (κ2) is 9.58. The number of carbonyl (C=O) groups excluding carboxylic acids is 1. The van der Waals surface area contributed by atoms with E-state index in [1.54, 1.807) is 12.1 Å². The maximum atomic E-state index is 13.1. The summed E-state index contributed by atoms with van der Waals surface area (Å²) in [5, 5.41) is 3.47. The summed E-state index contributed by atoms with van der Waals surface area (Å²) >= 11 is 1.54. The van der Waals surface area contributed by atoms with Crippen molar-refractivity contribution in [3.63, 3.8) is 0 Å². The van der Waals surface area contributed by atoms with Gasteiger partial charge in [-0.2, -0.15) is 4.31 Å². The van der Waals surface area contributed by atoms with Crippen LogP contribution in [0, 0.1) is 11.8 Å². The number of aromatic nitrogens is 1. The van der Waals surface area contributed by atoms with E-state index in [9.17, 15) is 13.2 Å². The molecule has 0 saturated heterocycles. The van der Waals surface area contributed by atoms with E-state index in [0.29, 0.717) is 23.8 Å². The van der Waals surface area contributed by atoms with E-state index in [-0.39, 0.29) is 22.6 Å². The van der Waals surface area contributed by atoms with Crippen molar-refractivity contribution in [2.45, 2.75) is 58.3 Å². The summed E-state index contributed by atoms with van der Waals surface area (Å²) in [6, 6.07) is 6.17. The number of benzene rings is 1. The Bertz CT molecular complexity index is 946. The van der Waals surface area contributed by atoms with Crippen molar-refractivity contribution in [2.75, 3.05) is 18.4 Å². The van der Waals surface area contributed by atoms with Crippen LogP contribution in [0.5, 0.6) is 0 Å². The molecular formula is C22H31N3O3S2. The van der Waals surface area contributed by atoms with E-state index in [4.69, 9.17) is 0 Å². The molecule has 1 aliphatic carbocycles. The molecule has 0 saturated carbocycles. The van der Waals surface area contributed by atoms with Gasteiger partial charge in [-0.05, 0) is 61.8 Å². The minimum Gasteiger partial charge on any atom is -0.298 e. The van der Waals surface area contributed by atoms with Crippen LogP contribution in [0.3, 0.4) is 0 Å². The van der Waals surface area contributed by atoms with E-state index in [0.717, 1.165) is 25.0 Å². The van der Waals surface area contributed by atoms with Gasteiger partial charge in [0.25, 0.3) is 5.91 Å².